The van der Waals surface area contributed by atoms with Crippen molar-refractivity contribution >= 4 is 40.9 Å². The number of hydrogen-bond donors (Lipinski definition) is 3. The van der Waals surface area contributed by atoms with E-state index < -0.39 is 11.7 Å². The summed E-state index contributed by atoms with van der Waals surface area (Å²) in [5, 5.41) is 5.40. The lowest BCUT2D eigenvalue weighted by Crippen LogP contribution is -2.19. The van der Waals surface area contributed by atoms with Crippen molar-refractivity contribution in [3.63, 3.8) is 0 Å². The number of carbonyl (C=O) groups excluding carboxylic acids is 3. The number of primary amides is 1. The Bertz CT molecular complexity index is 1070. The van der Waals surface area contributed by atoms with E-state index >= 15 is 0 Å². The first-order chi connectivity index (χ1) is 14.4. The SMILES string of the molecule is NC(=O)c1ccccc1NC(=O)CSc1ccc(NC(=O)c2ccc(F)cc2)cc1. The highest BCUT2D eigenvalue weighted by Gasteiger charge is 2.11. The predicted molar refractivity (Wildman–Crippen MR) is 115 cm³/mol. The van der Waals surface area contributed by atoms with Crippen molar-refractivity contribution in [3.8, 4) is 0 Å². The first-order valence-electron chi connectivity index (χ1n) is 8.91. The molecule has 8 heteroatoms. The summed E-state index contributed by atoms with van der Waals surface area (Å²) in [5.74, 6) is -1.51. The second-order valence-electron chi connectivity index (χ2n) is 6.23. The van der Waals surface area contributed by atoms with Crippen LogP contribution in [0.3, 0.4) is 0 Å². The van der Waals surface area contributed by atoms with Crippen LogP contribution in [-0.4, -0.2) is 23.5 Å². The molecule has 0 radical (unpaired) electrons. The highest BCUT2D eigenvalue weighted by atomic mass is 32.2. The van der Waals surface area contributed by atoms with Crippen LogP contribution in [0.5, 0.6) is 0 Å². The number of carbonyl (C=O) groups is 3. The van der Waals surface area contributed by atoms with Crippen LogP contribution in [0.15, 0.2) is 77.7 Å². The molecule has 0 saturated heterocycles. The number of thioether (sulfide) groups is 1. The molecule has 0 spiro atoms. The van der Waals surface area contributed by atoms with Crippen LogP contribution in [0, 0.1) is 5.82 Å². The maximum atomic E-state index is 12.9. The lowest BCUT2D eigenvalue weighted by Gasteiger charge is -2.09. The van der Waals surface area contributed by atoms with Gasteiger partial charge in [0.1, 0.15) is 5.82 Å². The molecule has 3 aromatic carbocycles. The number of para-hydroxylation sites is 1. The molecule has 3 rings (SSSR count). The topological polar surface area (TPSA) is 101 Å². The molecule has 0 saturated carbocycles. The van der Waals surface area contributed by atoms with Gasteiger partial charge in [-0.1, -0.05) is 12.1 Å². The van der Waals surface area contributed by atoms with Gasteiger partial charge in [-0.15, -0.1) is 11.8 Å². The lowest BCUT2D eigenvalue weighted by atomic mass is 10.1. The van der Waals surface area contributed by atoms with E-state index in [-0.39, 0.29) is 23.1 Å². The third-order valence-electron chi connectivity index (χ3n) is 4.06. The van der Waals surface area contributed by atoms with Crippen molar-refractivity contribution in [2.24, 2.45) is 5.73 Å². The summed E-state index contributed by atoms with van der Waals surface area (Å²) in [4.78, 5) is 36.6. The van der Waals surface area contributed by atoms with Gasteiger partial charge in [-0.3, -0.25) is 14.4 Å². The van der Waals surface area contributed by atoms with Crippen LogP contribution in [-0.2, 0) is 4.79 Å². The summed E-state index contributed by atoms with van der Waals surface area (Å²) in [6, 6.07) is 18.8. The van der Waals surface area contributed by atoms with E-state index in [4.69, 9.17) is 5.73 Å². The van der Waals surface area contributed by atoms with E-state index in [1.807, 2.05) is 0 Å². The molecule has 30 heavy (non-hydrogen) atoms. The third-order valence-corrected chi connectivity index (χ3v) is 5.07. The Morgan fingerprint density at radius 3 is 2.20 bits per heavy atom. The molecule has 3 amide bonds. The normalized spacial score (nSPS) is 10.3. The van der Waals surface area contributed by atoms with E-state index in [9.17, 15) is 18.8 Å². The molecule has 0 heterocycles. The van der Waals surface area contributed by atoms with Crippen molar-refractivity contribution in [2.45, 2.75) is 4.90 Å². The number of amides is 3. The zero-order valence-corrected chi connectivity index (χ0v) is 16.5. The molecule has 4 N–H and O–H groups in total. The van der Waals surface area contributed by atoms with Crippen LogP contribution in [0.1, 0.15) is 20.7 Å². The number of nitrogens with two attached hydrogens (primary N) is 1. The van der Waals surface area contributed by atoms with Crippen LogP contribution in [0.25, 0.3) is 0 Å². The van der Waals surface area contributed by atoms with Gasteiger partial charge in [0, 0.05) is 16.1 Å². The molecule has 0 unspecified atom stereocenters. The Labute approximate surface area is 176 Å². The maximum absolute atomic E-state index is 12.9. The molecule has 0 bridgehead atoms. The van der Waals surface area contributed by atoms with Crippen LogP contribution >= 0.6 is 11.8 Å². The van der Waals surface area contributed by atoms with E-state index in [1.54, 1.807) is 48.5 Å². The van der Waals surface area contributed by atoms with E-state index in [1.165, 1.54) is 36.0 Å². The number of benzene rings is 3. The molecule has 0 atom stereocenters. The Balaban J connectivity index is 1.53. The maximum Gasteiger partial charge on any atom is 0.255 e. The van der Waals surface area contributed by atoms with E-state index in [0.717, 1.165) is 4.90 Å². The summed E-state index contributed by atoms with van der Waals surface area (Å²) >= 11 is 1.31. The van der Waals surface area contributed by atoms with Gasteiger partial charge in [0.15, 0.2) is 0 Å². The standard InChI is InChI=1S/C22H18FN3O3S/c23-15-7-5-14(6-8-15)22(29)25-16-9-11-17(12-10-16)30-13-20(27)26-19-4-2-1-3-18(19)21(24)28/h1-12H,13H2,(H2,24,28)(H,25,29)(H,26,27). The fourth-order valence-corrected chi connectivity index (χ4v) is 3.28. The van der Waals surface area contributed by atoms with Crippen LogP contribution in [0.2, 0.25) is 0 Å². The van der Waals surface area contributed by atoms with Gasteiger partial charge in [0.05, 0.1) is 17.0 Å². The minimum Gasteiger partial charge on any atom is -0.366 e. The number of rotatable bonds is 7. The number of hydrogen-bond acceptors (Lipinski definition) is 4. The second-order valence-corrected chi connectivity index (χ2v) is 7.28. The molecule has 0 aromatic heterocycles. The monoisotopic (exact) mass is 423 g/mol. The van der Waals surface area contributed by atoms with Gasteiger partial charge in [-0.05, 0) is 60.7 Å². The van der Waals surface area contributed by atoms with Crippen LogP contribution in [0.4, 0.5) is 15.8 Å². The molecule has 152 valence electrons. The van der Waals surface area contributed by atoms with Gasteiger partial charge in [0.25, 0.3) is 11.8 Å². The Kier molecular flexibility index (Phi) is 6.82. The minimum absolute atomic E-state index is 0.133. The largest absolute Gasteiger partial charge is 0.366 e. The van der Waals surface area contributed by atoms with E-state index in [2.05, 4.69) is 10.6 Å². The van der Waals surface area contributed by atoms with Gasteiger partial charge in [0.2, 0.25) is 5.91 Å². The Morgan fingerprint density at radius 1 is 0.867 bits per heavy atom. The summed E-state index contributed by atoms with van der Waals surface area (Å²) in [6.07, 6.45) is 0. The minimum atomic E-state index is -0.614. The molecule has 0 aliphatic heterocycles. The number of anilines is 2. The molecule has 0 aliphatic rings. The average Bonchev–Trinajstić information content (AvgIpc) is 2.74. The number of halogens is 1. The van der Waals surface area contributed by atoms with E-state index in [0.29, 0.717) is 16.9 Å². The van der Waals surface area contributed by atoms with Gasteiger partial charge in [-0.2, -0.15) is 0 Å². The first kappa shape index (κ1) is 21.1. The summed E-state index contributed by atoms with van der Waals surface area (Å²) in [7, 11) is 0. The van der Waals surface area contributed by atoms with Gasteiger partial charge in [-0.25, -0.2) is 4.39 Å². The summed E-state index contributed by atoms with van der Waals surface area (Å²) in [6.45, 7) is 0. The zero-order valence-electron chi connectivity index (χ0n) is 15.7. The van der Waals surface area contributed by atoms with Crippen molar-refractivity contribution in [3.05, 3.63) is 89.7 Å². The average molecular weight is 423 g/mol. The smallest absolute Gasteiger partial charge is 0.255 e. The summed E-state index contributed by atoms with van der Waals surface area (Å²) in [5.41, 5.74) is 6.85. The zero-order chi connectivity index (χ0) is 21.5. The second kappa shape index (κ2) is 9.71. The number of nitrogens with one attached hydrogen (secondary N) is 2. The third kappa shape index (κ3) is 5.68. The van der Waals surface area contributed by atoms with Crippen molar-refractivity contribution in [2.75, 3.05) is 16.4 Å². The summed E-state index contributed by atoms with van der Waals surface area (Å²) < 4.78 is 12.9. The Morgan fingerprint density at radius 2 is 1.53 bits per heavy atom. The lowest BCUT2D eigenvalue weighted by molar-refractivity contribution is -0.113. The van der Waals surface area contributed by atoms with Crippen molar-refractivity contribution in [1.29, 1.82) is 0 Å². The fourth-order valence-electron chi connectivity index (χ4n) is 2.58. The Hall–Kier alpha value is -3.65. The molecule has 0 fully saturated rings. The van der Waals surface area contributed by atoms with Crippen molar-refractivity contribution in [1.82, 2.24) is 0 Å². The highest BCUT2D eigenvalue weighted by Crippen LogP contribution is 2.22. The van der Waals surface area contributed by atoms with Crippen molar-refractivity contribution < 1.29 is 18.8 Å². The molecule has 6 nitrogen and oxygen atoms in total. The highest BCUT2D eigenvalue weighted by molar-refractivity contribution is 8.00. The predicted octanol–water partition coefficient (Wildman–Crippen LogP) is 3.91. The molecular formula is C22H18FN3O3S. The fraction of sp³-hybridized carbons (Fsp3) is 0.0455. The first-order valence-corrected chi connectivity index (χ1v) is 9.89. The van der Waals surface area contributed by atoms with Gasteiger partial charge < -0.3 is 16.4 Å². The van der Waals surface area contributed by atoms with Gasteiger partial charge >= 0.3 is 0 Å². The molecular weight excluding hydrogens is 405 g/mol. The molecule has 0 aliphatic carbocycles. The molecule has 3 aromatic rings. The quantitative estimate of drug-likeness (QED) is 0.502. The van der Waals surface area contributed by atoms with Crippen LogP contribution < -0.4 is 16.4 Å².